The Kier molecular flexibility index (Phi) is 4.56. The first-order valence-corrected chi connectivity index (χ1v) is 6.55. The molecule has 0 saturated heterocycles. The molecule has 0 bridgehead atoms. The largest absolute Gasteiger partial charge is 0.294 e. The maximum atomic E-state index is 12.8. The minimum absolute atomic E-state index is 0.111. The van der Waals surface area contributed by atoms with Crippen LogP contribution >= 0.6 is 23.2 Å². The number of aryl methyl sites for hydroxylation is 1. The number of halogens is 3. The number of rotatable bonds is 4. The fourth-order valence-electron chi connectivity index (χ4n) is 1.80. The Morgan fingerprint density at radius 1 is 1.00 bits per heavy atom. The maximum absolute atomic E-state index is 12.8. The first-order chi connectivity index (χ1) is 9.08. The van der Waals surface area contributed by atoms with Gasteiger partial charge < -0.3 is 0 Å². The number of benzene rings is 2. The molecule has 2 aromatic carbocycles. The van der Waals surface area contributed by atoms with E-state index >= 15 is 0 Å². The molecular weight excluding hydrogens is 286 g/mol. The number of carbonyl (C=O) groups excluding carboxylic acids is 1. The molecule has 0 aromatic heterocycles. The summed E-state index contributed by atoms with van der Waals surface area (Å²) in [6, 6.07) is 11.1. The molecule has 0 aliphatic rings. The van der Waals surface area contributed by atoms with Gasteiger partial charge in [0.1, 0.15) is 5.82 Å². The quantitative estimate of drug-likeness (QED) is 0.730. The van der Waals surface area contributed by atoms with Crippen LogP contribution in [0.1, 0.15) is 22.3 Å². The Hall–Kier alpha value is -1.38. The molecule has 2 aromatic rings. The van der Waals surface area contributed by atoms with Crippen molar-refractivity contribution in [2.24, 2.45) is 0 Å². The zero-order valence-corrected chi connectivity index (χ0v) is 11.5. The Morgan fingerprint density at radius 3 is 2.16 bits per heavy atom. The van der Waals surface area contributed by atoms with Gasteiger partial charge in [-0.3, -0.25) is 4.79 Å². The van der Waals surface area contributed by atoms with Crippen molar-refractivity contribution < 1.29 is 9.18 Å². The lowest BCUT2D eigenvalue weighted by molar-refractivity contribution is 0.0983. The summed E-state index contributed by atoms with van der Waals surface area (Å²) >= 11 is 11.9. The highest BCUT2D eigenvalue weighted by molar-refractivity contribution is 6.39. The van der Waals surface area contributed by atoms with Gasteiger partial charge in [-0.15, -0.1) is 0 Å². The van der Waals surface area contributed by atoms with Gasteiger partial charge in [-0.25, -0.2) is 4.39 Å². The van der Waals surface area contributed by atoms with Crippen molar-refractivity contribution in [2.45, 2.75) is 12.8 Å². The van der Waals surface area contributed by atoms with E-state index in [1.165, 1.54) is 12.1 Å². The topological polar surface area (TPSA) is 17.1 Å². The summed E-state index contributed by atoms with van der Waals surface area (Å²) < 4.78 is 12.8. The van der Waals surface area contributed by atoms with Gasteiger partial charge in [0.15, 0.2) is 5.78 Å². The molecule has 0 heterocycles. The molecule has 0 amide bonds. The van der Waals surface area contributed by atoms with E-state index in [1.807, 2.05) is 0 Å². The molecule has 0 atom stereocenters. The number of hydrogen-bond donors (Lipinski definition) is 0. The SMILES string of the molecule is O=C(CCc1ccc(F)cc1)c1c(Cl)cccc1Cl. The summed E-state index contributed by atoms with van der Waals surface area (Å²) in [6.07, 6.45) is 0.815. The van der Waals surface area contributed by atoms with Crippen LogP contribution in [-0.4, -0.2) is 5.78 Å². The number of hydrogen-bond acceptors (Lipinski definition) is 1. The average molecular weight is 297 g/mol. The third kappa shape index (κ3) is 3.55. The molecule has 0 saturated carbocycles. The number of Topliss-reactive ketones (excluding diaryl/α,β-unsaturated/α-hetero) is 1. The average Bonchev–Trinajstić information content (AvgIpc) is 2.38. The molecule has 98 valence electrons. The molecule has 19 heavy (non-hydrogen) atoms. The van der Waals surface area contributed by atoms with Crippen LogP contribution in [0.15, 0.2) is 42.5 Å². The van der Waals surface area contributed by atoms with Crippen molar-refractivity contribution in [1.29, 1.82) is 0 Å². The minimum Gasteiger partial charge on any atom is -0.294 e. The highest BCUT2D eigenvalue weighted by Gasteiger charge is 2.14. The first-order valence-electron chi connectivity index (χ1n) is 5.79. The highest BCUT2D eigenvalue weighted by Crippen LogP contribution is 2.26. The molecule has 1 nitrogen and oxygen atoms in total. The van der Waals surface area contributed by atoms with Crippen LogP contribution in [0.25, 0.3) is 0 Å². The van der Waals surface area contributed by atoms with Crippen molar-refractivity contribution in [3.05, 3.63) is 69.5 Å². The van der Waals surface area contributed by atoms with Crippen LogP contribution < -0.4 is 0 Å². The van der Waals surface area contributed by atoms with E-state index in [1.54, 1.807) is 30.3 Å². The second kappa shape index (κ2) is 6.18. The maximum Gasteiger partial charge on any atom is 0.166 e. The van der Waals surface area contributed by atoms with Crippen molar-refractivity contribution in [3.8, 4) is 0 Å². The lowest BCUT2D eigenvalue weighted by Crippen LogP contribution is -2.03. The van der Waals surface area contributed by atoms with Gasteiger partial charge >= 0.3 is 0 Å². The molecule has 0 fully saturated rings. The van der Waals surface area contributed by atoms with Crippen LogP contribution in [0.3, 0.4) is 0 Å². The molecule has 0 aliphatic carbocycles. The lowest BCUT2D eigenvalue weighted by Gasteiger charge is -2.06. The summed E-state index contributed by atoms with van der Waals surface area (Å²) in [5, 5.41) is 0.716. The van der Waals surface area contributed by atoms with Gasteiger partial charge in [0, 0.05) is 6.42 Å². The van der Waals surface area contributed by atoms with Gasteiger partial charge in [0.2, 0.25) is 0 Å². The van der Waals surface area contributed by atoms with E-state index in [-0.39, 0.29) is 18.0 Å². The predicted molar refractivity (Wildman–Crippen MR) is 75.5 cm³/mol. The van der Waals surface area contributed by atoms with Gasteiger partial charge in [-0.1, -0.05) is 41.4 Å². The second-order valence-corrected chi connectivity index (χ2v) is 4.96. The molecule has 0 unspecified atom stereocenters. The zero-order valence-electron chi connectivity index (χ0n) is 10.00. The fourth-order valence-corrected chi connectivity index (χ4v) is 2.41. The molecular formula is C15H11Cl2FO. The summed E-state index contributed by atoms with van der Waals surface area (Å²) in [7, 11) is 0. The minimum atomic E-state index is -0.288. The summed E-state index contributed by atoms with van der Waals surface area (Å²) in [4.78, 5) is 12.1. The van der Waals surface area contributed by atoms with E-state index in [4.69, 9.17) is 23.2 Å². The van der Waals surface area contributed by atoms with Crippen LogP contribution in [-0.2, 0) is 6.42 Å². The summed E-state index contributed by atoms with van der Waals surface area (Å²) in [5.74, 6) is -0.399. The molecule has 0 radical (unpaired) electrons. The molecule has 0 spiro atoms. The van der Waals surface area contributed by atoms with E-state index in [2.05, 4.69) is 0 Å². The molecule has 4 heteroatoms. The van der Waals surface area contributed by atoms with E-state index in [9.17, 15) is 9.18 Å². The van der Waals surface area contributed by atoms with Crippen molar-refractivity contribution in [3.63, 3.8) is 0 Å². The zero-order chi connectivity index (χ0) is 13.8. The van der Waals surface area contributed by atoms with Crippen molar-refractivity contribution in [2.75, 3.05) is 0 Å². The van der Waals surface area contributed by atoms with E-state index in [0.717, 1.165) is 5.56 Å². The third-order valence-electron chi connectivity index (χ3n) is 2.80. The standard InChI is InChI=1S/C15H11Cl2FO/c16-12-2-1-3-13(17)15(12)14(19)9-6-10-4-7-11(18)8-5-10/h1-5,7-8H,6,9H2. The van der Waals surface area contributed by atoms with E-state index < -0.39 is 0 Å². The highest BCUT2D eigenvalue weighted by atomic mass is 35.5. The Bertz CT molecular complexity index is 573. The monoisotopic (exact) mass is 296 g/mol. The van der Waals surface area contributed by atoms with Crippen LogP contribution in [0, 0.1) is 5.82 Å². The van der Waals surface area contributed by atoms with Gasteiger partial charge in [-0.05, 0) is 36.2 Å². The van der Waals surface area contributed by atoms with Crippen LogP contribution in [0.4, 0.5) is 4.39 Å². The molecule has 0 N–H and O–H groups in total. The van der Waals surface area contributed by atoms with Crippen LogP contribution in [0.5, 0.6) is 0 Å². The molecule has 2 rings (SSSR count). The third-order valence-corrected chi connectivity index (χ3v) is 3.43. The van der Waals surface area contributed by atoms with Gasteiger partial charge in [-0.2, -0.15) is 0 Å². The fraction of sp³-hybridized carbons (Fsp3) is 0.133. The Balaban J connectivity index is 2.07. The van der Waals surface area contributed by atoms with Crippen molar-refractivity contribution >= 4 is 29.0 Å². The first kappa shape index (κ1) is 14.0. The van der Waals surface area contributed by atoms with E-state index in [0.29, 0.717) is 22.0 Å². The van der Waals surface area contributed by atoms with Crippen molar-refractivity contribution in [1.82, 2.24) is 0 Å². The Labute approximate surface area is 121 Å². The second-order valence-electron chi connectivity index (χ2n) is 4.15. The van der Waals surface area contributed by atoms with Gasteiger partial charge in [0.25, 0.3) is 0 Å². The summed E-state index contributed by atoms with van der Waals surface area (Å²) in [5.41, 5.74) is 1.26. The summed E-state index contributed by atoms with van der Waals surface area (Å²) in [6.45, 7) is 0. The number of ketones is 1. The molecule has 0 aliphatic heterocycles. The predicted octanol–water partition coefficient (Wildman–Crippen LogP) is 4.95. The number of carbonyl (C=O) groups is 1. The van der Waals surface area contributed by atoms with Gasteiger partial charge in [0.05, 0.1) is 15.6 Å². The lowest BCUT2D eigenvalue weighted by atomic mass is 10.0. The normalized spacial score (nSPS) is 10.5. The Morgan fingerprint density at radius 2 is 1.58 bits per heavy atom. The smallest absolute Gasteiger partial charge is 0.166 e. The van der Waals surface area contributed by atoms with Crippen LogP contribution in [0.2, 0.25) is 10.0 Å².